The van der Waals surface area contributed by atoms with Gasteiger partial charge < -0.3 is 30.2 Å². The highest BCUT2D eigenvalue weighted by Crippen LogP contribution is 2.39. The van der Waals surface area contributed by atoms with Gasteiger partial charge in [0.05, 0.1) is 31.9 Å². The van der Waals surface area contributed by atoms with Crippen LogP contribution in [0.3, 0.4) is 0 Å². The number of hydrogen-bond acceptors (Lipinski definition) is 6. The van der Waals surface area contributed by atoms with Gasteiger partial charge in [0.2, 0.25) is 0 Å². The van der Waals surface area contributed by atoms with Crippen LogP contribution in [0.1, 0.15) is 32.6 Å². The summed E-state index contributed by atoms with van der Waals surface area (Å²) in [5, 5.41) is 12.7. The standard InChI is InChI=1S/C26H27N3O4.C8H11N/c1-16-8-10-19(14-17(16)2)27-26(31)18-9-11-20-21(15-18)29(12-13-30)25(28-20)24-22(32-3)6-5-7-23(24)33-4;1-6-3-4-8(9)5-7(6)2/h5-11,14-15,30H,12-13H2,1-4H3,(H,27,31);3-5H,9H2,1-2H3. The molecule has 1 aromatic heterocycles. The molecule has 0 unspecified atom stereocenters. The summed E-state index contributed by atoms with van der Waals surface area (Å²) in [7, 11) is 3.18. The largest absolute Gasteiger partial charge is 0.496 e. The molecule has 0 atom stereocenters. The number of aliphatic hydroxyl groups excluding tert-OH is 1. The molecule has 0 bridgehead atoms. The fourth-order valence-corrected chi connectivity index (χ4v) is 4.64. The zero-order valence-corrected chi connectivity index (χ0v) is 25.0. The third-order valence-electron chi connectivity index (χ3n) is 7.28. The molecule has 8 heteroatoms. The number of amides is 1. The van der Waals surface area contributed by atoms with E-state index in [0.717, 1.165) is 22.5 Å². The maximum absolute atomic E-state index is 13.0. The first-order valence-corrected chi connectivity index (χ1v) is 13.7. The van der Waals surface area contributed by atoms with Crippen LogP contribution in [0, 0.1) is 27.7 Å². The van der Waals surface area contributed by atoms with Crippen LogP contribution in [0.5, 0.6) is 11.5 Å². The first-order valence-electron chi connectivity index (χ1n) is 13.7. The van der Waals surface area contributed by atoms with Crippen molar-refractivity contribution in [1.29, 1.82) is 0 Å². The molecule has 42 heavy (non-hydrogen) atoms. The monoisotopic (exact) mass is 566 g/mol. The van der Waals surface area contributed by atoms with Crippen molar-refractivity contribution in [2.45, 2.75) is 34.2 Å². The molecule has 0 aliphatic carbocycles. The Morgan fingerprint density at radius 1 is 0.857 bits per heavy atom. The van der Waals surface area contributed by atoms with Gasteiger partial charge in [0.1, 0.15) is 22.9 Å². The molecule has 0 aliphatic rings. The number of rotatable bonds is 7. The molecule has 4 aromatic carbocycles. The molecule has 8 nitrogen and oxygen atoms in total. The Hall–Kier alpha value is -4.82. The van der Waals surface area contributed by atoms with Gasteiger partial charge in [-0.15, -0.1) is 0 Å². The minimum Gasteiger partial charge on any atom is -0.496 e. The van der Waals surface area contributed by atoms with Crippen LogP contribution in [-0.4, -0.2) is 41.4 Å². The predicted molar refractivity (Wildman–Crippen MR) is 170 cm³/mol. The second-order valence-electron chi connectivity index (χ2n) is 10.1. The van der Waals surface area contributed by atoms with E-state index in [2.05, 4.69) is 19.2 Å². The molecule has 0 spiro atoms. The average Bonchev–Trinajstić information content (AvgIpc) is 3.34. The number of ether oxygens (including phenoxy) is 2. The van der Waals surface area contributed by atoms with Crippen LogP contribution in [0.4, 0.5) is 11.4 Å². The van der Waals surface area contributed by atoms with Gasteiger partial charge in [0, 0.05) is 23.5 Å². The number of nitrogen functional groups attached to an aromatic ring is 1. The predicted octanol–water partition coefficient (Wildman–Crippen LogP) is 6.47. The Kier molecular flexibility index (Phi) is 9.49. The highest BCUT2D eigenvalue weighted by Gasteiger charge is 2.21. The number of nitrogens with two attached hydrogens (primary N) is 1. The maximum Gasteiger partial charge on any atom is 0.255 e. The quantitative estimate of drug-likeness (QED) is 0.195. The van der Waals surface area contributed by atoms with E-state index in [1.807, 2.05) is 79.1 Å². The number of imidazole rings is 1. The number of carbonyl (C=O) groups excluding carboxylic acids is 1. The number of aryl methyl sites for hydroxylation is 4. The van der Waals surface area contributed by atoms with E-state index >= 15 is 0 Å². The normalized spacial score (nSPS) is 10.6. The Labute approximate surface area is 246 Å². The van der Waals surface area contributed by atoms with Gasteiger partial charge in [-0.1, -0.05) is 18.2 Å². The van der Waals surface area contributed by atoms with Gasteiger partial charge in [-0.2, -0.15) is 0 Å². The summed E-state index contributed by atoms with van der Waals surface area (Å²) in [5.74, 6) is 1.60. The van der Waals surface area contributed by atoms with Crippen molar-refractivity contribution in [3.8, 4) is 22.9 Å². The van der Waals surface area contributed by atoms with Gasteiger partial charge >= 0.3 is 0 Å². The number of carbonyl (C=O) groups is 1. The zero-order chi connectivity index (χ0) is 30.4. The zero-order valence-electron chi connectivity index (χ0n) is 25.0. The lowest BCUT2D eigenvalue weighted by molar-refractivity contribution is 0.102. The summed E-state index contributed by atoms with van der Waals surface area (Å²) < 4.78 is 13.0. The topological polar surface area (TPSA) is 112 Å². The molecule has 1 heterocycles. The van der Waals surface area contributed by atoms with Crippen molar-refractivity contribution in [1.82, 2.24) is 9.55 Å². The first kappa shape index (κ1) is 30.1. The number of nitrogens with one attached hydrogen (secondary N) is 1. The van der Waals surface area contributed by atoms with E-state index in [4.69, 9.17) is 20.2 Å². The Morgan fingerprint density at radius 3 is 2.07 bits per heavy atom. The molecule has 218 valence electrons. The number of anilines is 2. The van der Waals surface area contributed by atoms with Gasteiger partial charge in [0.15, 0.2) is 0 Å². The van der Waals surface area contributed by atoms with Crippen LogP contribution in [0.2, 0.25) is 0 Å². The van der Waals surface area contributed by atoms with Crippen LogP contribution >= 0.6 is 0 Å². The second kappa shape index (κ2) is 13.2. The van der Waals surface area contributed by atoms with E-state index in [1.54, 1.807) is 26.4 Å². The van der Waals surface area contributed by atoms with Crippen LogP contribution < -0.4 is 20.5 Å². The van der Waals surface area contributed by atoms with Crippen molar-refractivity contribution in [3.05, 3.63) is 101 Å². The van der Waals surface area contributed by atoms with Crippen molar-refractivity contribution in [2.75, 3.05) is 31.9 Å². The SMILES string of the molecule is COc1cccc(OC)c1-c1nc2ccc(C(=O)Nc3ccc(C)c(C)c3)cc2n1CCO.Cc1ccc(N)cc1C. The molecule has 0 saturated heterocycles. The fourth-order valence-electron chi connectivity index (χ4n) is 4.64. The minimum atomic E-state index is -0.215. The van der Waals surface area contributed by atoms with E-state index in [0.29, 0.717) is 40.5 Å². The molecule has 5 aromatic rings. The molecule has 0 radical (unpaired) electrons. The van der Waals surface area contributed by atoms with Crippen LogP contribution in [0.25, 0.3) is 22.4 Å². The van der Waals surface area contributed by atoms with Gasteiger partial charge in [-0.25, -0.2) is 4.98 Å². The molecule has 5 rings (SSSR count). The van der Waals surface area contributed by atoms with E-state index in [1.165, 1.54) is 16.7 Å². The molecule has 0 aliphatic heterocycles. The summed E-state index contributed by atoms with van der Waals surface area (Å²) in [6.45, 7) is 8.40. The molecule has 0 fully saturated rings. The van der Waals surface area contributed by atoms with E-state index < -0.39 is 0 Å². The number of aromatic nitrogens is 2. The summed E-state index contributed by atoms with van der Waals surface area (Å²) in [4.78, 5) is 17.8. The first-order chi connectivity index (χ1) is 20.2. The number of nitrogens with zero attached hydrogens (tertiary/aromatic N) is 2. The third kappa shape index (κ3) is 6.56. The second-order valence-corrected chi connectivity index (χ2v) is 10.1. The Bertz CT molecular complexity index is 1700. The van der Waals surface area contributed by atoms with Gasteiger partial charge in [0.25, 0.3) is 5.91 Å². The Morgan fingerprint density at radius 2 is 1.50 bits per heavy atom. The Balaban J connectivity index is 0.000000385. The molecule has 1 amide bonds. The fraction of sp³-hybridized carbons (Fsp3) is 0.235. The van der Waals surface area contributed by atoms with Crippen molar-refractivity contribution in [2.24, 2.45) is 0 Å². The van der Waals surface area contributed by atoms with Crippen molar-refractivity contribution < 1.29 is 19.4 Å². The highest BCUT2D eigenvalue weighted by molar-refractivity contribution is 6.06. The summed E-state index contributed by atoms with van der Waals surface area (Å²) in [6.07, 6.45) is 0. The molecule has 0 saturated carbocycles. The maximum atomic E-state index is 13.0. The summed E-state index contributed by atoms with van der Waals surface area (Å²) in [5.41, 5.74) is 14.6. The smallest absolute Gasteiger partial charge is 0.255 e. The molecule has 4 N–H and O–H groups in total. The van der Waals surface area contributed by atoms with Crippen LogP contribution in [0.15, 0.2) is 72.8 Å². The number of methoxy groups -OCH3 is 2. The van der Waals surface area contributed by atoms with E-state index in [-0.39, 0.29) is 12.5 Å². The average molecular weight is 567 g/mol. The summed E-state index contributed by atoms with van der Waals surface area (Å²) >= 11 is 0. The highest BCUT2D eigenvalue weighted by atomic mass is 16.5. The molecular weight excluding hydrogens is 528 g/mol. The van der Waals surface area contributed by atoms with Crippen molar-refractivity contribution in [3.63, 3.8) is 0 Å². The number of benzene rings is 4. The van der Waals surface area contributed by atoms with E-state index in [9.17, 15) is 9.90 Å². The number of aliphatic hydroxyl groups is 1. The third-order valence-corrected chi connectivity index (χ3v) is 7.28. The van der Waals surface area contributed by atoms with Gasteiger partial charge in [-0.3, -0.25) is 4.79 Å². The van der Waals surface area contributed by atoms with Gasteiger partial charge in [-0.05, 0) is 105 Å². The van der Waals surface area contributed by atoms with Crippen LogP contribution in [-0.2, 0) is 6.54 Å². The lowest BCUT2D eigenvalue weighted by Crippen LogP contribution is -2.12. The van der Waals surface area contributed by atoms with Crippen molar-refractivity contribution >= 4 is 28.3 Å². The summed E-state index contributed by atoms with van der Waals surface area (Å²) in [6, 6.07) is 22.6. The number of fused-ring (bicyclic) bond motifs is 1. The molecular formula is C34H38N4O4. The minimum absolute atomic E-state index is 0.0883. The number of hydrogen-bond donors (Lipinski definition) is 3. The lowest BCUT2D eigenvalue weighted by Gasteiger charge is -2.14. The lowest BCUT2D eigenvalue weighted by atomic mass is 10.1.